The van der Waals surface area contributed by atoms with E-state index in [1.807, 2.05) is 33.8 Å². The second-order valence-corrected chi connectivity index (χ2v) is 8.14. The molecule has 2 aromatic rings. The molecule has 0 atom stereocenters. The monoisotopic (exact) mass is 434 g/mol. The second kappa shape index (κ2) is 9.37. The molecule has 0 radical (unpaired) electrons. The van der Waals surface area contributed by atoms with E-state index in [1.165, 1.54) is 24.6 Å². The summed E-state index contributed by atoms with van der Waals surface area (Å²) >= 11 is 4.86. The summed E-state index contributed by atoms with van der Waals surface area (Å²) in [6.07, 6.45) is 6.46. The zero-order valence-electron chi connectivity index (χ0n) is 14.7. The molecule has 1 saturated heterocycles. The fraction of sp³-hybridized carbons (Fsp3) is 0.421. The summed E-state index contributed by atoms with van der Waals surface area (Å²) in [5, 5.41) is 5.18. The molecule has 0 N–H and O–H groups in total. The summed E-state index contributed by atoms with van der Waals surface area (Å²) in [5.41, 5.74) is 0.994. The number of benzene rings is 1. The predicted molar refractivity (Wildman–Crippen MR) is 109 cm³/mol. The Morgan fingerprint density at radius 3 is 2.54 bits per heavy atom. The number of hydrogen-bond donors (Lipinski definition) is 0. The fourth-order valence-electron chi connectivity index (χ4n) is 2.98. The Hall–Kier alpha value is -1.60. The third-order valence-electron chi connectivity index (χ3n) is 4.34. The number of amides is 1. The third kappa shape index (κ3) is 4.98. The maximum absolute atomic E-state index is 12.5. The smallest absolute Gasteiger partial charge is 0.233 e. The molecular weight excluding hydrogens is 412 g/mol. The van der Waals surface area contributed by atoms with Gasteiger partial charge in [-0.05, 0) is 25.0 Å². The quantitative estimate of drug-likeness (QED) is 0.499. The molecule has 1 aromatic heterocycles. The molecule has 3 rings (SSSR count). The highest BCUT2D eigenvalue weighted by Gasteiger charge is 2.18. The predicted octanol–water partition coefficient (Wildman–Crippen LogP) is 4.39. The lowest BCUT2D eigenvalue weighted by Crippen LogP contribution is -2.33. The Morgan fingerprint density at radius 1 is 1.19 bits per heavy atom. The van der Waals surface area contributed by atoms with Crippen LogP contribution in [0.25, 0.3) is 11.4 Å². The first-order valence-corrected chi connectivity index (χ1v) is 10.7. The molecule has 1 aliphatic heterocycles. The van der Waals surface area contributed by atoms with Crippen LogP contribution in [0.2, 0.25) is 0 Å². The summed E-state index contributed by atoms with van der Waals surface area (Å²) in [4.78, 5) is 19.1. The molecule has 2 heterocycles. The Balaban J connectivity index is 1.69. The van der Waals surface area contributed by atoms with Crippen molar-refractivity contribution in [2.24, 2.45) is 0 Å². The van der Waals surface area contributed by atoms with Crippen molar-refractivity contribution in [2.75, 3.05) is 18.8 Å². The minimum Gasteiger partial charge on any atom is -0.342 e. The molecule has 1 aliphatic rings. The van der Waals surface area contributed by atoms with Crippen molar-refractivity contribution in [3.63, 3.8) is 0 Å². The van der Waals surface area contributed by atoms with E-state index in [0.29, 0.717) is 17.5 Å². The van der Waals surface area contributed by atoms with Gasteiger partial charge in [-0.1, -0.05) is 58.7 Å². The van der Waals surface area contributed by atoms with Crippen molar-refractivity contribution in [3.05, 3.63) is 41.4 Å². The molecule has 0 unspecified atom stereocenters. The van der Waals surface area contributed by atoms with Gasteiger partial charge in [0.1, 0.15) is 0 Å². The van der Waals surface area contributed by atoms with E-state index in [4.69, 9.17) is 0 Å². The van der Waals surface area contributed by atoms with Crippen LogP contribution in [0.1, 0.15) is 25.7 Å². The van der Waals surface area contributed by atoms with Crippen LogP contribution in [0.15, 0.2) is 46.5 Å². The summed E-state index contributed by atoms with van der Waals surface area (Å²) in [5.74, 6) is 1.36. The number of thioether (sulfide) groups is 1. The number of rotatable bonds is 6. The topological polar surface area (TPSA) is 51.0 Å². The zero-order chi connectivity index (χ0) is 18.4. The van der Waals surface area contributed by atoms with Gasteiger partial charge in [-0.3, -0.25) is 4.79 Å². The van der Waals surface area contributed by atoms with Gasteiger partial charge < -0.3 is 4.90 Å². The van der Waals surface area contributed by atoms with Crippen molar-refractivity contribution in [2.45, 2.75) is 37.4 Å². The zero-order valence-corrected chi connectivity index (χ0v) is 17.1. The van der Waals surface area contributed by atoms with E-state index >= 15 is 0 Å². The summed E-state index contributed by atoms with van der Waals surface area (Å²) in [6.45, 7) is 6.13. The Bertz CT molecular complexity index is 751. The number of aromatic nitrogens is 3. The molecular formula is C19H23BrN4OS. The van der Waals surface area contributed by atoms with Gasteiger partial charge in [0.15, 0.2) is 5.82 Å². The van der Waals surface area contributed by atoms with Gasteiger partial charge in [0.2, 0.25) is 11.1 Å². The van der Waals surface area contributed by atoms with Crippen LogP contribution in [-0.2, 0) is 11.3 Å². The van der Waals surface area contributed by atoms with E-state index in [2.05, 4.69) is 32.6 Å². The van der Waals surface area contributed by atoms with E-state index in [0.717, 1.165) is 41.8 Å². The van der Waals surface area contributed by atoms with E-state index < -0.39 is 0 Å². The first-order chi connectivity index (χ1) is 12.7. The highest BCUT2D eigenvalue weighted by Crippen LogP contribution is 2.24. The highest BCUT2D eigenvalue weighted by molar-refractivity contribution is 9.10. The normalized spacial score (nSPS) is 14.9. The number of halogens is 1. The van der Waals surface area contributed by atoms with E-state index in [1.54, 1.807) is 6.08 Å². The van der Waals surface area contributed by atoms with Gasteiger partial charge in [0, 0.05) is 23.1 Å². The van der Waals surface area contributed by atoms with Crippen molar-refractivity contribution < 1.29 is 4.79 Å². The number of nitrogens with zero attached hydrogens (tertiary/aromatic N) is 4. The first kappa shape index (κ1) is 19.2. The van der Waals surface area contributed by atoms with Crippen molar-refractivity contribution in [3.8, 4) is 11.4 Å². The van der Waals surface area contributed by atoms with Crippen LogP contribution in [0.3, 0.4) is 0 Å². The van der Waals surface area contributed by atoms with Crippen LogP contribution >= 0.6 is 27.7 Å². The van der Waals surface area contributed by atoms with Crippen LogP contribution < -0.4 is 0 Å². The minimum absolute atomic E-state index is 0.183. The number of carbonyl (C=O) groups is 1. The summed E-state index contributed by atoms with van der Waals surface area (Å²) in [7, 11) is 0. The third-order valence-corrected chi connectivity index (χ3v) is 5.69. The van der Waals surface area contributed by atoms with Crippen LogP contribution in [0.4, 0.5) is 0 Å². The minimum atomic E-state index is 0.183. The number of hydrogen-bond acceptors (Lipinski definition) is 4. The Labute approximate surface area is 167 Å². The van der Waals surface area contributed by atoms with Gasteiger partial charge >= 0.3 is 0 Å². The van der Waals surface area contributed by atoms with Crippen LogP contribution in [-0.4, -0.2) is 44.4 Å². The molecule has 0 aliphatic carbocycles. The molecule has 0 bridgehead atoms. The lowest BCUT2D eigenvalue weighted by Gasteiger charge is -2.19. The molecule has 5 nitrogen and oxygen atoms in total. The molecule has 0 saturated carbocycles. The van der Waals surface area contributed by atoms with Crippen LogP contribution in [0, 0.1) is 0 Å². The standard InChI is InChI=1S/C19H23BrN4OS/c1-2-11-24-18(15-7-9-16(20)10-8-15)21-19(22-24)26-14-17(25)23-12-5-3-4-6-13-23/h2,7-10H,1,3-6,11-14H2. The molecule has 1 aromatic carbocycles. The lowest BCUT2D eigenvalue weighted by atomic mass is 10.2. The van der Waals surface area contributed by atoms with Gasteiger partial charge in [0.25, 0.3) is 0 Å². The summed E-state index contributed by atoms with van der Waals surface area (Å²) in [6, 6.07) is 7.98. The number of allylic oxidation sites excluding steroid dienone is 1. The van der Waals surface area contributed by atoms with Gasteiger partial charge in [-0.2, -0.15) is 0 Å². The van der Waals surface area contributed by atoms with Crippen molar-refractivity contribution in [1.29, 1.82) is 0 Å². The molecule has 1 fully saturated rings. The number of carbonyl (C=O) groups excluding carboxylic acids is 1. The maximum atomic E-state index is 12.5. The highest BCUT2D eigenvalue weighted by atomic mass is 79.9. The molecule has 1 amide bonds. The lowest BCUT2D eigenvalue weighted by molar-refractivity contribution is -0.128. The van der Waals surface area contributed by atoms with E-state index in [-0.39, 0.29) is 5.91 Å². The number of likely N-dealkylation sites (tertiary alicyclic amines) is 1. The first-order valence-electron chi connectivity index (χ1n) is 8.89. The summed E-state index contributed by atoms with van der Waals surface area (Å²) < 4.78 is 2.85. The average Bonchev–Trinajstić information content (AvgIpc) is 2.86. The maximum Gasteiger partial charge on any atom is 0.233 e. The van der Waals surface area contributed by atoms with Gasteiger partial charge in [-0.15, -0.1) is 11.7 Å². The molecule has 7 heteroatoms. The van der Waals surface area contributed by atoms with Crippen molar-refractivity contribution >= 4 is 33.6 Å². The Morgan fingerprint density at radius 2 is 1.88 bits per heavy atom. The van der Waals surface area contributed by atoms with Crippen LogP contribution in [0.5, 0.6) is 0 Å². The largest absolute Gasteiger partial charge is 0.342 e. The second-order valence-electron chi connectivity index (χ2n) is 6.28. The molecule has 26 heavy (non-hydrogen) atoms. The SMILES string of the molecule is C=CCn1nc(SCC(=O)N2CCCCCC2)nc1-c1ccc(Br)cc1. The fourth-order valence-corrected chi connectivity index (χ4v) is 3.99. The molecule has 0 spiro atoms. The van der Waals surface area contributed by atoms with Gasteiger partial charge in [-0.25, -0.2) is 9.67 Å². The van der Waals surface area contributed by atoms with E-state index in [9.17, 15) is 4.79 Å². The molecule has 138 valence electrons. The van der Waals surface area contributed by atoms with Crippen molar-refractivity contribution in [1.82, 2.24) is 19.7 Å². The van der Waals surface area contributed by atoms with Gasteiger partial charge in [0.05, 0.1) is 12.3 Å². The average molecular weight is 435 g/mol. The Kier molecular flexibility index (Phi) is 6.91.